The minimum atomic E-state index is -5.81. The second-order valence-electron chi connectivity index (χ2n) is 11.1. The molecule has 1 saturated carbocycles. The van der Waals surface area contributed by atoms with Crippen molar-refractivity contribution in [3.8, 4) is 0 Å². The second kappa shape index (κ2) is 10.4. The van der Waals surface area contributed by atoms with Crippen LogP contribution in [0.2, 0.25) is 0 Å². The molecule has 224 valence electrons. The van der Waals surface area contributed by atoms with E-state index in [1.807, 2.05) is 4.90 Å². The fourth-order valence-electron chi connectivity index (χ4n) is 5.96. The molecule has 3 saturated heterocycles. The average molecular weight is 589 g/mol. The number of fused-ring (bicyclic) bond motifs is 1. The summed E-state index contributed by atoms with van der Waals surface area (Å²) in [5.74, 6) is 0.740. The standard InChI is InChI=1S/C25H29F9N4O2/c26-23(27,28)18-2-1-15(20(9-18)38-13-16-11-37(19-3-4-19)12-17(16)14-38)10-35-5-7-36(8-6-35)22(39)40-21(24(29,30)31)25(32,33)34/h1-2,9,16-17,19,21H,3-8,10-14H2. The number of halogens is 9. The molecule has 2 unspecified atom stereocenters. The Morgan fingerprint density at radius 3 is 1.93 bits per heavy atom. The summed E-state index contributed by atoms with van der Waals surface area (Å²) < 4.78 is 121. The lowest BCUT2D eigenvalue weighted by atomic mass is 10.0. The lowest BCUT2D eigenvalue weighted by molar-refractivity contribution is -0.308. The van der Waals surface area contributed by atoms with E-state index in [0.717, 1.165) is 30.1 Å². The molecule has 1 aliphatic carbocycles. The molecule has 0 spiro atoms. The predicted octanol–water partition coefficient (Wildman–Crippen LogP) is 4.98. The number of carbonyl (C=O) groups excluding carboxylic acids is 1. The van der Waals surface area contributed by atoms with Crippen LogP contribution in [0.25, 0.3) is 0 Å². The summed E-state index contributed by atoms with van der Waals surface area (Å²) in [5, 5.41) is 0. The molecule has 5 rings (SSSR count). The topological polar surface area (TPSA) is 39.3 Å². The van der Waals surface area contributed by atoms with Crippen LogP contribution in [0, 0.1) is 11.8 Å². The number of amides is 1. The zero-order chi connectivity index (χ0) is 29.0. The van der Waals surface area contributed by atoms with Crippen LogP contribution in [0.1, 0.15) is 24.0 Å². The molecule has 0 N–H and O–H groups in total. The molecule has 4 fully saturated rings. The van der Waals surface area contributed by atoms with Gasteiger partial charge in [-0.15, -0.1) is 0 Å². The minimum absolute atomic E-state index is 0.0971. The highest BCUT2D eigenvalue weighted by Gasteiger charge is 2.60. The smallest absolute Gasteiger partial charge is 0.426 e. The highest BCUT2D eigenvalue weighted by atomic mass is 19.4. The van der Waals surface area contributed by atoms with Crippen molar-refractivity contribution in [2.24, 2.45) is 11.8 Å². The summed E-state index contributed by atoms with van der Waals surface area (Å²) in [5.41, 5.74) is 0.346. The summed E-state index contributed by atoms with van der Waals surface area (Å²) in [6, 6.07) is 4.21. The number of anilines is 1. The van der Waals surface area contributed by atoms with E-state index >= 15 is 0 Å². The van der Waals surface area contributed by atoms with Crippen molar-refractivity contribution in [2.45, 2.75) is 50.1 Å². The van der Waals surface area contributed by atoms with Gasteiger partial charge in [-0.2, -0.15) is 39.5 Å². The summed E-state index contributed by atoms with van der Waals surface area (Å²) in [4.78, 5) is 19.1. The van der Waals surface area contributed by atoms with E-state index in [4.69, 9.17) is 0 Å². The summed E-state index contributed by atoms with van der Waals surface area (Å²) in [6.07, 6.45) is -19.7. The third kappa shape index (κ3) is 6.39. The van der Waals surface area contributed by atoms with E-state index in [1.165, 1.54) is 18.9 Å². The van der Waals surface area contributed by atoms with Crippen molar-refractivity contribution >= 4 is 11.8 Å². The predicted molar refractivity (Wildman–Crippen MR) is 124 cm³/mol. The Kier molecular flexibility index (Phi) is 7.60. The Balaban J connectivity index is 1.23. The highest BCUT2D eigenvalue weighted by molar-refractivity contribution is 5.68. The maximum Gasteiger partial charge on any atom is 0.434 e. The maximum absolute atomic E-state index is 13.6. The number of benzene rings is 1. The van der Waals surface area contributed by atoms with E-state index in [1.54, 1.807) is 4.90 Å². The monoisotopic (exact) mass is 588 g/mol. The first-order valence-electron chi connectivity index (χ1n) is 13.1. The molecule has 15 heteroatoms. The summed E-state index contributed by atoms with van der Waals surface area (Å²) >= 11 is 0. The molecule has 4 aliphatic rings. The molecule has 2 atom stereocenters. The Morgan fingerprint density at radius 2 is 1.43 bits per heavy atom. The molecular weight excluding hydrogens is 559 g/mol. The number of ether oxygens (including phenoxy) is 1. The lowest BCUT2D eigenvalue weighted by Gasteiger charge is -2.36. The van der Waals surface area contributed by atoms with Gasteiger partial charge in [0.05, 0.1) is 5.56 Å². The number of alkyl halides is 9. The quantitative estimate of drug-likeness (QED) is 0.454. The maximum atomic E-state index is 13.6. The van der Waals surface area contributed by atoms with Crippen LogP contribution in [-0.2, 0) is 17.5 Å². The number of rotatable bonds is 5. The first-order valence-corrected chi connectivity index (χ1v) is 13.1. The molecule has 1 amide bonds. The van der Waals surface area contributed by atoms with E-state index in [2.05, 4.69) is 9.64 Å². The van der Waals surface area contributed by atoms with Crippen molar-refractivity contribution in [3.63, 3.8) is 0 Å². The third-order valence-electron chi connectivity index (χ3n) is 8.17. The van der Waals surface area contributed by atoms with Gasteiger partial charge in [0.2, 0.25) is 0 Å². The lowest BCUT2D eigenvalue weighted by Crippen LogP contribution is -2.52. The van der Waals surface area contributed by atoms with E-state index < -0.39 is 36.3 Å². The van der Waals surface area contributed by atoms with Gasteiger partial charge in [-0.3, -0.25) is 9.80 Å². The minimum Gasteiger partial charge on any atom is -0.426 e. The van der Waals surface area contributed by atoms with Gasteiger partial charge in [0.1, 0.15) is 0 Å². The van der Waals surface area contributed by atoms with Crippen LogP contribution >= 0.6 is 0 Å². The van der Waals surface area contributed by atoms with Crippen LogP contribution < -0.4 is 4.90 Å². The Labute approximate surface area is 224 Å². The van der Waals surface area contributed by atoms with Gasteiger partial charge >= 0.3 is 24.6 Å². The van der Waals surface area contributed by atoms with E-state index in [-0.39, 0.29) is 32.7 Å². The van der Waals surface area contributed by atoms with E-state index in [9.17, 15) is 44.3 Å². The number of hydrogen-bond donors (Lipinski definition) is 0. The molecule has 0 bridgehead atoms. The van der Waals surface area contributed by atoms with Gasteiger partial charge in [-0.05, 0) is 42.4 Å². The number of likely N-dealkylation sites (tertiary alicyclic amines) is 1. The highest BCUT2D eigenvalue weighted by Crippen LogP contribution is 2.42. The largest absolute Gasteiger partial charge is 0.434 e. The number of carbonyl (C=O) groups is 1. The zero-order valence-corrected chi connectivity index (χ0v) is 21.3. The van der Waals surface area contributed by atoms with Crippen LogP contribution in [-0.4, -0.2) is 97.6 Å². The van der Waals surface area contributed by atoms with Crippen molar-refractivity contribution in [2.75, 3.05) is 57.3 Å². The fourth-order valence-corrected chi connectivity index (χ4v) is 5.96. The molecular formula is C25H29F9N4O2. The SMILES string of the molecule is O=C(OC(C(F)(F)F)C(F)(F)F)N1CCN(Cc2ccc(C(F)(F)F)cc2N2CC3CN(C4CC4)CC3C2)CC1. The van der Waals surface area contributed by atoms with Crippen molar-refractivity contribution in [1.82, 2.24) is 14.7 Å². The molecule has 3 aliphatic heterocycles. The molecule has 0 radical (unpaired) electrons. The number of piperazine rings is 1. The zero-order valence-electron chi connectivity index (χ0n) is 21.3. The third-order valence-corrected chi connectivity index (χ3v) is 8.17. The van der Waals surface area contributed by atoms with Gasteiger partial charge in [0, 0.05) is 70.6 Å². The normalized spacial score (nSPS) is 25.1. The Hall–Kier alpha value is -2.42. The molecule has 1 aromatic rings. The Bertz CT molecular complexity index is 1050. The molecule has 6 nitrogen and oxygen atoms in total. The van der Waals surface area contributed by atoms with Crippen molar-refractivity contribution in [1.29, 1.82) is 0 Å². The average Bonchev–Trinajstić information content (AvgIpc) is 3.50. The van der Waals surface area contributed by atoms with Gasteiger partial charge in [0.25, 0.3) is 6.10 Å². The fraction of sp³-hybridized carbons (Fsp3) is 0.720. The Morgan fingerprint density at radius 1 is 0.850 bits per heavy atom. The first-order chi connectivity index (χ1) is 18.6. The van der Waals surface area contributed by atoms with E-state index in [0.29, 0.717) is 42.2 Å². The summed E-state index contributed by atoms with van der Waals surface area (Å²) in [7, 11) is 0. The molecule has 0 aromatic heterocycles. The van der Waals surface area contributed by atoms with Gasteiger partial charge < -0.3 is 14.5 Å². The van der Waals surface area contributed by atoms with Crippen molar-refractivity contribution < 1.29 is 49.0 Å². The number of nitrogens with zero attached hydrogens (tertiary/aromatic N) is 4. The molecule has 40 heavy (non-hydrogen) atoms. The summed E-state index contributed by atoms with van der Waals surface area (Å²) in [6.45, 7) is 3.17. The van der Waals surface area contributed by atoms with Crippen LogP contribution in [0.4, 0.5) is 50.0 Å². The van der Waals surface area contributed by atoms with Crippen LogP contribution in [0.5, 0.6) is 0 Å². The first kappa shape index (κ1) is 29.1. The second-order valence-corrected chi connectivity index (χ2v) is 11.1. The van der Waals surface area contributed by atoms with Gasteiger partial charge in [0.15, 0.2) is 0 Å². The van der Waals surface area contributed by atoms with Crippen molar-refractivity contribution in [3.05, 3.63) is 29.3 Å². The van der Waals surface area contributed by atoms with Gasteiger partial charge in [-0.25, -0.2) is 4.79 Å². The van der Waals surface area contributed by atoms with Crippen LogP contribution in [0.15, 0.2) is 18.2 Å². The van der Waals surface area contributed by atoms with Crippen LogP contribution in [0.3, 0.4) is 0 Å². The number of hydrogen-bond acceptors (Lipinski definition) is 5. The molecule has 3 heterocycles. The molecule has 1 aromatic carbocycles. The van der Waals surface area contributed by atoms with Gasteiger partial charge in [-0.1, -0.05) is 6.07 Å².